The highest BCUT2D eigenvalue weighted by Crippen LogP contribution is 2.24. The van der Waals surface area contributed by atoms with Crippen molar-refractivity contribution in [2.75, 3.05) is 0 Å². The molecule has 0 spiro atoms. The molecule has 0 fully saturated rings. The third-order valence-electron chi connectivity index (χ3n) is 4.24. The maximum Gasteiger partial charge on any atom is 0.232 e. The summed E-state index contributed by atoms with van der Waals surface area (Å²) in [5, 5.41) is 3.10. The third-order valence-corrected chi connectivity index (χ3v) is 4.24. The summed E-state index contributed by atoms with van der Waals surface area (Å²) < 4.78 is 0. The highest BCUT2D eigenvalue weighted by molar-refractivity contribution is 5.87. The van der Waals surface area contributed by atoms with Crippen molar-refractivity contribution < 1.29 is 4.79 Å². The van der Waals surface area contributed by atoms with Crippen LogP contribution in [0.1, 0.15) is 28.2 Å². The standard InChI is InChI=1S/C22H21NO/c1-17-10-8-9-15-20(17)16-23-22(24)21(18-11-4-2-5-12-18)19-13-6-3-7-14-19/h2-15,21H,16H2,1H3,(H,23,24). The number of hydrogen-bond acceptors (Lipinski definition) is 1. The summed E-state index contributed by atoms with van der Waals surface area (Å²) >= 11 is 0. The topological polar surface area (TPSA) is 29.1 Å². The van der Waals surface area contributed by atoms with Gasteiger partial charge in [0.25, 0.3) is 0 Å². The smallest absolute Gasteiger partial charge is 0.232 e. The maximum atomic E-state index is 12.9. The van der Waals surface area contributed by atoms with E-state index in [9.17, 15) is 4.79 Å². The molecule has 0 unspecified atom stereocenters. The lowest BCUT2D eigenvalue weighted by atomic mass is 9.90. The van der Waals surface area contributed by atoms with E-state index in [2.05, 4.69) is 24.4 Å². The van der Waals surface area contributed by atoms with E-state index in [0.29, 0.717) is 6.54 Å². The predicted octanol–water partition coefficient (Wildman–Crippen LogP) is 4.44. The Bertz CT molecular complexity index is 757. The number of carbonyl (C=O) groups is 1. The van der Waals surface area contributed by atoms with Gasteiger partial charge in [0.2, 0.25) is 5.91 Å². The first kappa shape index (κ1) is 16.0. The van der Waals surface area contributed by atoms with Crippen LogP contribution in [-0.4, -0.2) is 5.91 Å². The van der Waals surface area contributed by atoms with Crippen molar-refractivity contribution >= 4 is 5.91 Å². The summed E-state index contributed by atoms with van der Waals surface area (Å²) in [6.07, 6.45) is 0. The van der Waals surface area contributed by atoms with Crippen molar-refractivity contribution in [3.63, 3.8) is 0 Å². The SMILES string of the molecule is Cc1ccccc1CNC(=O)C(c1ccccc1)c1ccccc1. The minimum Gasteiger partial charge on any atom is -0.351 e. The monoisotopic (exact) mass is 315 g/mol. The molecule has 0 radical (unpaired) electrons. The van der Waals surface area contributed by atoms with Gasteiger partial charge in [0.05, 0.1) is 5.92 Å². The Morgan fingerprint density at radius 3 is 1.83 bits per heavy atom. The summed E-state index contributed by atoms with van der Waals surface area (Å²) in [5.41, 5.74) is 4.34. The van der Waals surface area contributed by atoms with Gasteiger partial charge in [-0.25, -0.2) is 0 Å². The van der Waals surface area contributed by atoms with E-state index in [1.54, 1.807) is 0 Å². The summed E-state index contributed by atoms with van der Waals surface area (Å²) in [4.78, 5) is 12.9. The second kappa shape index (κ2) is 7.60. The van der Waals surface area contributed by atoms with E-state index < -0.39 is 0 Å². The molecule has 0 aliphatic carbocycles. The van der Waals surface area contributed by atoms with Gasteiger partial charge in [-0.1, -0.05) is 84.9 Å². The quantitative estimate of drug-likeness (QED) is 0.741. The Labute approximate surface area is 143 Å². The zero-order valence-electron chi connectivity index (χ0n) is 13.8. The molecule has 0 bridgehead atoms. The van der Waals surface area contributed by atoms with Crippen LogP contribution in [0.4, 0.5) is 0 Å². The molecule has 3 aromatic carbocycles. The lowest BCUT2D eigenvalue weighted by Gasteiger charge is -2.18. The number of carbonyl (C=O) groups excluding carboxylic acids is 1. The fraction of sp³-hybridized carbons (Fsp3) is 0.136. The van der Waals surface area contributed by atoms with Crippen LogP contribution in [0.2, 0.25) is 0 Å². The zero-order chi connectivity index (χ0) is 16.8. The third kappa shape index (κ3) is 3.72. The van der Waals surface area contributed by atoms with Gasteiger partial charge in [0.15, 0.2) is 0 Å². The molecule has 0 heterocycles. The first-order valence-corrected chi connectivity index (χ1v) is 8.18. The largest absolute Gasteiger partial charge is 0.351 e. The van der Waals surface area contributed by atoms with Crippen LogP contribution in [0.25, 0.3) is 0 Å². The van der Waals surface area contributed by atoms with Crippen molar-refractivity contribution in [2.24, 2.45) is 0 Å². The predicted molar refractivity (Wildman–Crippen MR) is 97.8 cm³/mol. The average molecular weight is 315 g/mol. The number of amides is 1. The second-order valence-corrected chi connectivity index (χ2v) is 5.90. The van der Waals surface area contributed by atoms with Gasteiger partial charge in [0, 0.05) is 6.54 Å². The van der Waals surface area contributed by atoms with E-state index in [0.717, 1.165) is 16.7 Å². The normalized spacial score (nSPS) is 10.6. The first-order chi connectivity index (χ1) is 11.8. The highest BCUT2D eigenvalue weighted by atomic mass is 16.1. The molecule has 3 aromatic rings. The summed E-state index contributed by atoms with van der Waals surface area (Å²) in [7, 11) is 0. The molecule has 24 heavy (non-hydrogen) atoms. The van der Waals surface area contributed by atoms with Crippen molar-refractivity contribution in [1.29, 1.82) is 0 Å². The number of hydrogen-bond donors (Lipinski definition) is 1. The Kier molecular flexibility index (Phi) is 5.07. The van der Waals surface area contributed by atoms with Gasteiger partial charge in [-0.3, -0.25) is 4.79 Å². The van der Waals surface area contributed by atoms with E-state index in [1.807, 2.05) is 72.8 Å². The van der Waals surface area contributed by atoms with Gasteiger partial charge in [-0.15, -0.1) is 0 Å². The summed E-state index contributed by atoms with van der Waals surface area (Å²) in [5.74, 6) is -0.271. The van der Waals surface area contributed by atoms with Gasteiger partial charge in [-0.05, 0) is 29.2 Å². The Balaban J connectivity index is 1.83. The molecule has 0 atom stereocenters. The van der Waals surface area contributed by atoms with Crippen LogP contribution in [0, 0.1) is 6.92 Å². The van der Waals surface area contributed by atoms with Crippen molar-refractivity contribution in [3.05, 3.63) is 107 Å². The minimum absolute atomic E-state index is 0.0238. The van der Waals surface area contributed by atoms with Crippen LogP contribution in [-0.2, 0) is 11.3 Å². The molecule has 1 amide bonds. The summed E-state index contributed by atoms with van der Waals surface area (Å²) in [6, 6.07) is 28.0. The Hall–Kier alpha value is -2.87. The van der Waals surface area contributed by atoms with Gasteiger partial charge in [-0.2, -0.15) is 0 Å². The van der Waals surface area contributed by atoms with E-state index >= 15 is 0 Å². The molecule has 0 aliphatic rings. The van der Waals surface area contributed by atoms with Crippen molar-refractivity contribution in [3.8, 4) is 0 Å². The van der Waals surface area contributed by atoms with Crippen LogP contribution in [0.3, 0.4) is 0 Å². The molecule has 0 saturated carbocycles. The summed E-state index contributed by atoms with van der Waals surface area (Å²) in [6.45, 7) is 2.61. The number of aryl methyl sites for hydroxylation is 1. The number of nitrogens with one attached hydrogen (secondary N) is 1. The van der Waals surface area contributed by atoms with Crippen LogP contribution in [0.5, 0.6) is 0 Å². The highest BCUT2D eigenvalue weighted by Gasteiger charge is 2.22. The van der Waals surface area contributed by atoms with Gasteiger partial charge < -0.3 is 5.32 Å². The zero-order valence-corrected chi connectivity index (χ0v) is 13.8. The van der Waals surface area contributed by atoms with Gasteiger partial charge >= 0.3 is 0 Å². The lowest BCUT2D eigenvalue weighted by Crippen LogP contribution is -2.29. The van der Waals surface area contributed by atoms with E-state index in [1.165, 1.54) is 5.56 Å². The van der Waals surface area contributed by atoms with Crippen molar-refractivity contribution in [2.45, 2.75) is 19.4 Å². The van der Waals surface area contributed by atoms with Crippen LogP contribution < -0.4 is 5.32 Å². The minimum atomic E-state index is -0.295. The molecule has 1 N–H and O–H groups in total. The fourth-order valence-corrected chi connectivity index (χ4v) is 2.88. The lowest BCUT2D eigenvalue weighted by molar-refractivity contribution is -0.121. The van der Waals surface area contributed by atoms with E-state index in [4.69, 9.17) is 0 Å². The van der Waals surface area contributed by atoms with Crippen molar-refractivity contribution in [1.82, 2.24) is 5.32 Å². The van der Waals surface area contributed by atoms with E-state index in [-0.39, 0.29) is 11.8 Å². The Morgan fingerprint density at radius 1 is 0.792 bits per heavy atom. The Morgan fingerprint density at radius 2 is 1.29 bits per heavy atom. The fourth-order valence-electron chi connectivity index (χ4n) is 2.88. The molecule has 2 nitrogen and oxygen atoms in total. The molecule has 0 aromatic heterocycles. The molecule has 0 aliphatic heterocycles. The van der Waals surface area contributed by atoms with Gasteiger partial charge in [0.1, 0.15) is 0 Å². The molecule has 0 saturated heterocycles. The maximum absolute atomic E-state index is 12.9. The number of benzene rings is 3. The molecule has 120 valence electrons. The first-order valence-electron chi connectivity index (χ1n) is 8.18. The van der Waals surface area contributed by atoms with Crippen LogP contribution in [0.15, 0.2) is 84.9 Å². The molecule has 3 rings (SSSR count). The second-order valence-electron chi connectivity index (χ2n) is 5.90. The van der Waals surface area contributed by atoms with Crippen LogP contribution >= 0.6 is 0 Å². The number of rotatable bonds is 5. The molecule has 2 heteroatoms. The molecular formula is C22H21NO. The molecular weight excluding hydrogens is 294 g/mol. The average Bonchev–Trinajstić information content (AvgIpc) is 2.63.